The Morgan fingerprint density at radius 2 is 2.12 bits per heavy atom. The molecule has 0 N–H and O–H groups in total. The Bertz CT molecular complexity index is 627. The van der Waals surface area contributed by atoms with Crippen molar-refractivity contribution < 1.29 is 23.8 Å². The van der Waals surface area contributed by atoms with Crippen molar-refractivity contribution in [2.24, 2.45) is 0 Å². The summed E-state index contributed by atoms with van der Waals surface area (Å²) in [6.45, 7) is 4.05. The Kier molecular flexibility index (Phi) is 6.75. The molecule has 0 bridgehead atoms. The molecule has 1 heterocycles. The zero-order chi connectivity index (χ0) is 17.4. The number of methoxy groups -OCH3 is 1. The van der Waals surface area contributed by atoms with E-state index in [1.165, 1.54) is 6.08 Å². The summed E-state index contributed by atoms with van der Waals surface area (Å²) >= 11 is 0. The molecule has 0 saturated carbocycles. The van der Waals surface area contributed by atoms with E-state index in [1.54, 1.807) is 25.3 Å². The van der Waals surface area contributed by atoms with Crippen LogP contribution in [0.2, 0.25) is 0 Å². The maximum Gasteiger partial charge on any atom is 0.200 e. The van der Waals surface area contributed by atoms with Crippen molar-refractivity contribution in [2.45, 2.75) is 32.0 Å². The van der Waals surface area contributed by atoms with E-state index in [9.17, 15) is 9.59 Å². The fourth-order valence-corrected chi connectivity index (χ4v) is 2.32. The molecule has 0 aromatic heterocycles. The second kappa shape index (κ2) is 9.03. The van der Waals surface area contributed by atoms with E-state index in [0.717, 1.165) is 30.9 Å². The van der Waals surface area contributed by atoms with E-state index in [0.29, 0.717) is 18.1 Å². The number of benzene rings is 1. The summed E-state index contributed by atoms with van der Waals surface area (Å²) in [5, 5.41) is 0. The first-order valence-electron chi connectivity index (χ1n) is 7.95. The largest absolute Gasteiger partial charge is 0.493 e. The summed E-state index contributed by atoms with van der Waals surface area (Å²) in [7, 11) is 1.56. The van der Waals surface area contributed by atoms with E-state index in [-0.39, 0.29) is 24.3 Å². The number of rotatable bonds is 8. The lowest BCUT2D eigenvalue weighted by molar-refractivity contribution is -0.121. The second-order valence-corrected chi connectivity index (χ2v) is 5.47. The van der Waals surface area contributed by atoms with E-state index in [1.807, 2.05) is 6.07 Å². The highest BCUT2D eigenvalue weighted by Crippen LogP contribution is 2.31. The molecule has 24 heavy (non-hydrogen) atoms. The quantitative estimate of drug-likeness (QED) is 0.540. The van der Waals surface area contributed by atoms with Gasteiger partial charge in [-0.05, 0) is 42.7 Å². The van der Waals surface area contributed by atoms with Crippen LogP contribution >= 0.6 is 0 Å². The van der Waals surface area contributed by atoms with Gasteiger partial charge in [0.2, 0.25) is 0 Å². The van der Waals surface area contributed by atoms with Gasteiger partial charge < -0.3 is 14.2 Å². The van der Waals surface area contributed by atoms with Crippen LogP contribution in [0.25, 0.3) is 6.08 Å². The molecule has 0 spiro atoms. The summed E-state index contributed by atoms with van der Waals surface area (Å²) in [6.07, 6.45) is 6.74. The molecule has 5 nitrogen and oxygen atoms in total. The minimum atomic E-state index is -0.293. The molecule has 1 aliphatic rings. The van der Waals surface area contributed by atoms with E-state index >= 15 is 0 Å². The molecule has 1 aliphatic heterocycles. The van der Waals surface area contributed by atoms with Gasteiger partial charge in [0.05, 0.1) is 20.1 Å². The van der Waals surface area contributed by atoms with Crippen LogP contribution in [-0.4, -0.2) is 31.6 Å². The molecule has 5 heteroatoms. The van der Waals surface area contributed by atoms with Crippen molar-refractivity contribution >= 4 is 17.6 Å². The number of ether oxygens (including phenoxy) is 3. The maximum absolute atomic E-state index is 11.6. The molecule has 1 unspecified atom stereocenters. The van der Waals surface area contributed by atoms with Crippen molar-refractivity contribution in [1.29, 1.82) is 0 Å². The molecular weight excluding hydrogens is 308 g/mol. The fourth-order valence-electron chi connectivity index (χ4n) is 2.32. The van der Waals surface area contributed by atoms with Crippen molar-refractivity contribution in [3.05, 3.63) is 42.5 Å². The molecule has 1 atom stereocenters. The van der Waals surface area contributed by atoms with Gasteiger partial charge in [0.15, 0.2) is 29.4 Å². The predicted octanol–water partition coefficient (Wildman–Crippen LogP) is 3.33. The van der Waals surface area contributed by atoms with Crippen LogP contribution in [-0.2, 0) is 14.3 Å². The molecular formula is C19H22O5. The molecule has 1 aromatic rings. The molecule has 0 amide bonds. The lowest BCUT2D eigenvalue weighted by atomic mass is 10.1. The highest BCUT2D eigenvalue weighted by molar-refractivity contribution is 6.09. The van der Waals surface area contributed by atoms with Crippen LogP contribution in [0, 0.1) is 0 Å². The van der Waals surface area contributed by atoms with Crippen LogP contribution in [0.3, 0.4) is 0 Å². The van der Waals surface area contributed by atoms with Crippen molar-refractivity contribution in [3.63, 3.8) is 0 Å². The number of ketones is 2. The summed E-state index contributed by atoms with van der Waals surface area (Å²) in [4.78, 5) is 22.8. The number of carbonyl (C=O) groups is 2. The highest BCUT2D eigenvalue weighted by Gasteiger charge is 2.17. The summed E-state index contributed by atoms with van der Waals surface area (Å²) in [5.41, 5.74) is 0.781. The zero-order valence-electron chi connectivity index (χ0n) is 13.8. The van der Waals surface area contributed by atoms with Gasteiger partial charge >= 0.3 is 0 Å². The molecule has 1 saturated heterocycles. The van der Waals surface area contributed by atoms with Gasteiger partial charge in [0.25, 0.3) is 0 Å². The summed E-state index contributed by atoms with van der Waals surface area (Å²) in [6, 6.07) is 5.38. The number of carbonyl (C=O) groups excluding carboxylic acids is 2. The Hall–Kier alpha value is -2.40. The maximum atomic E-state index is 11.6. The number of hydrogen-bond donors (Lipinski definition) is 0. The average Bonchev–Trinajstić information content (AvgIpc) is 2.61. The molecule has 0 radical (unpaired) electrons. The van der Waals surface area contributed by atoms with Gasteiger partial charge in [-0.15, -0.1) is 0 Å². The lowest BCUT2D eigenvalue weighted by Gasteiger charge is -2.24. The Morgan fingerprint density at radius 3 is 2.79 bits per heavy atom. The minimum absolute atomic E-state index is 0.169. The normalized spacial score (nSPS) is 17.5. The van der Waals surface area contributed by atoms with E-state index in [2.05, 4.69) is 6.58 Å². The monoisotopic (exact) mass is 330 g/mol. The lowest BCUT2D eigenvalue weighted by Crippen LogP contribution is -2.25. The van der Waals surface area contributed by atoms with Gasteiger partial charge in [0.1, 0.15) is 0 Å². The average molecular weight is 330 g/mol. The van der Waals surface area contributed by atoms with Gasteiger partial charge in [-0.2, -0.15) is 0 Å². The van der Waals surface area contributed by atoms with Crippen LogP contribution in [0.15, 0.2) is 36.9 Å². The predicted molar refractivity (Wildman–Crippen MR) is 91.1 cm³/mol. The highest BCUT2D eigenvalue weighted by atomic mass is 16.7. The third-order valence-electron chi connectivity index (χ3n) is 3.62. The van der Waals surface area contributed by atoms with Crippen LogP contribution in [0.5, 0.6) is 11.5 Å². The second-order valence-electron chi connectivity index (χ2n) is 5.47. The third-order valence-corrected chi connectivity index (χ3v) is 3.62. The van der Waals surface area contributed by atoms with Gasteiger partial charge in [-0.1, -0.05) is 18.7 Å². The topological polar surface area (TPSA) is 61.8 Å². The SMILES string of the molecule is C=CC(=O)CC(=O)C=Cc1ccc(OC2CCCCO2)c(OC)c1. The van der Waals surface area contributed by atoms with Crippen molar-refractivity contribution in [3.8, 4) is 11.5 Å². The van der Waals surface area contributed by atoms with Crippen molar-refractivity contribution in [2.75, 3.05) is 13.7 Å². The van der Waals surface area contributed by atoms with Crippen molar-refractivity contribution in [1.82, 2.24) is 0 Å². The van der Waals surface area contributed by atoms with Crippen LogP contribution in [0.4, 0.5) is 0 Å². The number of allylic oxidation sites excluding steroid dienone is 2. The van der Waals surface area contributed by atoms with Crippen LogP contribution < -0.4 is 9.47 Å². The zero-order valence-corrected chi connectivity index (χ0v) is 13.8. The first-order chi connectivity index (χ1) is 11.6. The summed E-state index contributed by atoms with van der Waals surface area (Å²) < 4.78 is 16.7. The number of hydrogen-bond acceptors (Lipinski definition) is 5. The standard InChI is InChI=1S/C19H22O5/c1-3-15(20)13-16(21)9-7-14-8-10-17(18(12-14)22-2)24-19-6-4-5-11-23-19/h3,7-10,12,19H,1,4-6,11,13H2,2H3. The molecule has 2 rings (SSSR count). The Labute approximate surface area is 141 Å². The molecule has 1 fully saturated rings. The molecule has 0 aliphatic carbocycles. The van der Waals surface area contributed by atoms with Gasteiger partial charge in [-0.3, -0.25) is 9.59 Å². The smallest absolute Gasteiger partial charge is 0.200 e. The van der Waals surface area contributed by atoms with Gasteiger partial charge in [0, 0.05) is 6.42 Å². The van der Waals surface area contributed by atoms with Gasteiger partial charge in [-0.25, -0.2) is 0 Å². The summed E-state index contributed by atoms with van der Waals surface area (Å²) in [5.74, 6) is 0.615. The van der Waals surface area contributed by atoms with Crippen LogP contribution in [0.1, 0.15) is 31.2 Å². The first-order valence-corrected chi connectivity index (χ1v) is 7.95. The minimum Gasteiger partial charge on any atom is -0.493 e. The third kappa shape index (κ3) is 5.35. The van der Waals surface area contributed by atoms with E-state index in [4.69, 9.17) is 14.2 Å². The molecule has 1 aromatic carbocycles. The Morgan fingerprint density at radius 1 is 1.29 bits per heavy atom. The first kappa shape index (κ1) is 17.9. The van der Waals surface area contributed by atoms with E-state index < -0.39 is 0 Å². The fraction of sp³-hybridized carbons (Fsp3) is 0.368. The Balaban J connectivity index is 2.03. The molecule has 128 valence electrons.